The first-order valence-electron chi connectivity index (χ1n) is 7.58. The number of hydrogen-bond donors (Lipinski definition) is 0. The van der Waals surface area contributed by atoms with Gasteiger partial charge in [0.25, 0.3) is 5.91 Å². The molecule has 0 saturated carbocycles. The number of amides is 1. The van der Waals surface area contributed by atoms with Gasteiger partial charge in [-0.3, -0.25) is 4.79 Å². The van der Waals surface area contributed by atoms with E-state index in [1.165, 1.54) is 15.6 Å². The molecule has 8 heteroatoms. The molecule has 0 spiro atoms. The Morgan fingerprint density at radius 3 is 2.58 bits per heavy atom. The van der Waals surface area contributed by atoms with Crippen molar-refractivity contribution in [2.45, 2.75) is 18.7 Å². The molecule has 1 saturated heterocycles. The molecule has 2 heterocycles. The first kappa shape index (κ1) is 17.1. The van der Waals surface area contributed by atoms with Crippen molar-refractivity contribution in [2.24, 2.45) is 0 Å². The van der Waals surface area contributed by atoms with E-state index < -0.39 is 15.3 Å². The summed E-state index contributed by atoms with van der Waals surface area (Å²) in [4.78, 5) is 18.1. The van der Waals surface area contributed by atoms with Gasteiger partial charge in [0.2, 0.25) is 10.0 Å². The molecule has 1 aliphatic heterocycles. The van der Waals surface area contributed by atoms with Crippen LogP contribution in [0.2, 0.25) is 0 Å². The Morgan fingerprint density at radius 2 is 2.00 bits per heavy atom. The number of aromatic nitrogens is 1. The number of carbonyl (C=O) groups is 1. The second-order valence-corrected chi connectivity index (χ2v) is 9.24. The van der Waals surface area contributed by atoms with Gasteiger partial charge in [0.1, 0.15) is 5.25 Å². The van der Waals surface area contributed by atoms with E-state index in [-0.39, 0.29) is 25.5 Å². The molecule has 1 aromatic carbocycles. The van der Waals surface area contributed by atoms with Crippen LogP contribution in [0.4, 0.5) is 0 Å². The predicted octanol–water partition coefficient (Wildman–Crippen LogP) is 1.74. The van der Waals surface area contributed by atoms with Crippen molar-refractivity contribution in [3.63, 3.8) is 0 Å². The third kappa shape index (κ3) is 3.35. The molecule has 6 nitrogen and oxygen atoms in total. The lowest BCUT2D eigenvalue weighted by Crippen LogP contribution is -2.59. The molecule has 0 aliphatic carbocycles. The molecule has 0 atom stereocenters. The highest BCUT2D eigenvalue weighted by molar-refractivity contribution is 7.89. The van der Waals surface area contributed by atoms with Gasteiger partial charge in [-0.2, -0.15) is 4.31 Å². The first-order chi connectivity index (χ1) is 11.4. The minimum absolute atomic E-state index is 0.125. The van der Waals surface area contributed by atoms with Crippen LogP contribution in [0.25, 0.3) is 0 Å². The molecule has 0 bridgehead atoms. The molecule has 3 rings (SSSR count). The third-order valence-electron chi connectivity index (χ3n) is 4.06. The van der Waals surface area contributed by atoms with Crippen LogP contribution in [0.15, 0.2) is 35.7 Å². The van der Waals surface area contributed by atoms with Crippen molar-refractivity contribution in [3.05, 3.63) is 52.0 Å². The highest BCUT2D eigenvalue weighted by atomic mass is 32.2. The highest BCUT2D eigenvalue weighted by Gasteiger charge is 2.42. The number of carbonyl (C=O) groups excluding carboxylic acids is 1. The Labute approximate surface area is 145 Å². The minimum atomic E-state index is -3.44. The van der Waals surface area contributed by atoms with E-state index in [1.54, 1.807) is 36.2 Å². The molecule has 1 aliphatic rings. The molecular formula is C16H19N3O3S2. The fourth-order valence-corrected chi connectivity index (χ4v) is 4.77. The van der Waals surface area contributed by atoms with E-state index in [1.807, 2.05) is 18.4 Å². The Kier molecular flexibility index (Phi) is 4.71. The van der Waals surface area contributed by atoms with E-state index in [4.69, 9.17) is 0 Å². The lowest BCUT2D eigenvalue weighted by Gasteiger charge is -2.40. The van der Waals surface area contributed by atoms with E-state index in [0.29, 0.717) is 5.56 Å². The topological polar surface area (TPSA) is 70.6 Å². The van der Waals surface area contributed by atoms with Gasteiger partial charge in [0.15, 0.2) is 0 Å². The maximum atomic E-state index is 12.6. The Morgan fingerprint density at radius 1 is 1.33 bits per heavy atom. The van der Waals surface area contributed by atoms with E-state index >= 15 is 0 Å². The molecule has 1 fully saturated rings. The molecule has 0 N–H and O–H groups in total. The molecule has 24 heavy (non-hydrogen) atoms. The van der Waals surface area contributed by atoms with Crippen LogP contribution < -0.4 is 0 Å². The van der Waals surface area contributed by atoms with Crippen LogP contribution in [0.5, 0.6) is 0 Å². The summed E-state index contributed by atoms with van der Waals surface area (Å²) >= 11 is 1.50. The number of rotatable bonds is 5. The van der Waals surface area contributed by atoms with Crippen LogP contribution in [0.1, 0.15) is 21.1 Å². The maximum Gasteiger partial charge on any atom is 0.253 e. The van der Waals surface area contributed by atoms with Gasteiger partial charge in [-0.15, -0.1) is 11.3 Å². The van der Waals surface area contributed by atoms with Crippen molar-refractivity contribution in [3.8, 4) is 0 Å². The lowest BCUT2D eigenvalue weighted by atomic mass is 10.1. The van der Waals surface area contributed by atoms with Gasteiger partial charge in [0, 0.05) is 31.1 Å². The fourth-order valence-electron chi connectivity index (χ4n) is 2.61. The zero-order valence-corrected chi connectivity index (χ0v) is 15.2. The largest absolute Gasteiger partial charge is 0.336 e. The summed E-state index contributed by atoms with van der Waals surface area (Å²) in [5.41, 5.74) is 1.33. The lowest BCUT2D eigenvalue weighted by molar-refractivity contribution is 0.0655. The summed E-state index contributed by atoms with van der Waals surface area (Å²) in [5.74, 6) is -0.125. The summed E-state index contributed by atoms with van der Waals surface area (Å²) in [7, 11) is -1.87. The molecule has 2 aromatic rings. The minimum Gasteiger partial charge on any atom is -0.336 e. The molecule has 0 unspecified atom stereocenters. The van der Waals surface area contributed by atoms with Crippen molar-refractivity contribution < 1.29 is 13.2 Å². The van der Waals surface area contributed by atoms with Gasteiger partial charge < -0.3 is 4.90 Å². The van der Waals surface area contributed by atoms with Gasteiger partial charge in [-0.05, 0) is 19.1 Å². The number of aryl methyl sites for hydroxylation is 1. The summed E-state index contributed by atoms with van der Waals surface area (Å²) in [6.45, 7) is 2.62. The number of benzene rings is 1. The standard InChI is InChI=1S/C16H19N3O3S2/c1-12-17-14(11-23-12)8-18(2)24(21,22)15-9-19(10-15)16(20)13-6-4-3-5-7-13/h3-7,11,15H,8-10H2,1-2H3. The number of hydrogen-bond acceptors (Lipinski definition) is 5. The Bertz CT molecular complexity index is 827. The fraction of sp³-hybridized carbons (Fsp3) is 0.375. The summed E-state index contributed by atoms with van der Waals surface area (Å²) in [5, 5.41) is 2.24. The molecule has 1 amide bonds. The molecular weight excluding hydrogens is 346 g/mol. The predicted molar refractivity (Wildman–Crippen MR) is 93.4 cm³/mol. The summed E-state index contributed by atoms with van der Waals surface area (Å²) in [6.07, 6.45) is 0. The van der Waals surface area contributed by atoms with Crippen LogP contribution in [0.3, 0.4) is 0 Å². The number of sulfonamides is 1. The van der Waals surface area contributed by atoms with Gasteiger partial charge >= 0.3 is 0 Å². The van der Waals surface area contributed by atoms with Gasteiger partial charge in [0.05, 0.1) is 17.2 Å². The van der Waals surface area contributed by atoms with E-state index in [0.717, 1.165) is 10.7 Å². The van der Waals surface area contributed by atoms with Gasteiger partial charge in [-0.1, -0.05) is 18.2 Å². The average molecular weight is 365 g/mol. The van der Waals surface area contributed by atoms with Crippen molar-refractivity contribution in [2.75, 3.05) is 20.1 Å². The number of likely N-dealkylation sites (tertiary alicyclic amines) is 1. The first-order valence-corrected chi connectivity index (χ1v) is 9.96. The maximum absolute atomic E-state index is 12.6. The second-order valence-electron chi connectivity index (χ2n) is 5.86. The normalized spacial score (nSPS) is 15.5. The average Bonchev–Trinajstić information content (AvgIpc) is 2.91. The Hall–Kier alpha value is -1.77. The quantitative estimate of drug-likeness (QED) is 0.809. The zero-order chi connectivity index (χ0) is 17.3. The number of nitrogens with zero attached hydrogens (tertiary/aromatic N) is 3. The molecule has 128 valence electrons. The smallest absolute Gasteiger partial charge is 0.253 e. The number of thiazole rings is 1. The van der Waals surface area contributed by atoms with Crippen molar-refractivity contribution in [1.29, 1.82) is 0 Å². The second kappa shape index (κ2) is 6.62. The Balaban J connectivity index is 1.60. The summed E-state index contributed by atoms with van der Waals surface area (Å²) < 4.78 is 26.5. The monoisotopic (exact) mass is 365 g/mol. The van der Waals surface area contributed by atoms with E-state index in [9.17, 15) is 13.2 Å². The van der Waals surface area contributed by atoms with Crippen LogP contribution in [-0.4, -0.2) is 53.9 Å². The third-order valence-corrected chi connectivity index (χ3v) is 7.02. The molecule has 1 aromatic heterocycles. The van der Waals surface area contributed by atoms with Crippen LogP contribution in [0, 0.1) is 6.92 Å². The van der Waals surface area contributed by atoms with Gasteiger partial charge in [-0.25, -0.2) is 13.4 Å². The van der Waals surface area contributed by atoms with Crippen LogP contribution in [-0.2, 0) is 16.6 Å². The van der Waals surface area contributed by atoms with Crippen LogP contribution >= 0.6 is 11.3 Å². The van der Waals surface area contributed by atoms with E-state index in [2.05, 4.69) is 4.98 Å². The molecule has 0 radical (unpaired) electrons. The van der Waals surface area contributed by atoms with Crippen molar-refractivity contribution >= 4 is 27.3 Å². The SMILES string of the molecule is Cc1nc(CN(C)S(=O)(=O)C2CN(C(=O)c3ccccc3)C2)cs1. The zero-order valence-electron chi connectivity index (χ0n) is 13.5. The highest BCUT2D eigenvalue weighted by Crippen LogP contribution is 2.23. The van der Waals surface area contributed by atoms with Crippen molar-refractivity contribution in [1.82, 2.24) is 14.2 Å². The summed E-state index contributed by atoms with van der Waals surface area (Å²) in [6, 6.07) is 8.91.